The Hall–Kier alpha value is -0.570. The van der Waals surface area contributed by atoms with Crippen LogP contribution in [0.3, 0.4) is 0 Å². The summed E-state index contributed by atoms with van der Waals surface area (Å²) in [7, 11) is 1.52. The number of esters is 1. The van der Waals surface area contributed by atoms with Crippen molar-refractivity contribution in [3.63, 3.8) is 0 Å². The second-order valence-electron chi connectivity index (χ2n) is 7.55. The van der Waals surface area contributed by atoms with Gasteiger partial charge in [-0.05, 0) is 43.4 Å². The first-order chi connectivity index (χ1) is 8.87. The molecule has 2 unspecified atom stereocenters. The van der Waals surface area contributed by atoms with Crippen molar-refractivity contribution in [3.05, 3.63) is 0 Å². The first kappa shape index (κ1) is 14.8. The number of carbonyl (C=O) groups excluding carboxylic acids is 1. The molecular weight excluding hydrogens is 238 g/mol. The van der Waals surface area contributed by atoms with E-state index in [1.807, 2.05) is 0 Å². The molecule has 2 fully saturated rings. The zero-order chi connectivity index (χ0) is 14.1. The van der Waals surface area contributed by atoms with Gasteiger partial charge in [-0.15, -0.1) is 0 Å². The molecule has 110 valence electrons. The molecule has 2 aliphatic carbocycles. The number of carbonyl (C=O) groups is 1. The Labute approximate surface area is 117 Å². The third kappa shape index (κ3) is 3.31. The third-order valence-electron chi connectivity index (χ3n) is 4.79. The number of methoxy groups -OCH3 is 1. The van der Waals surface area contributed by atoms with Crippen molar-refractivity contribution < 1.29 is 9.53 Å². The van der Waals surface area contributed by atoms with E-state index in [9.17, 15) is 4.79 Å². The van der Waals surface area contributed by atoms with Gasteiger partial charge in [0.15, 0.2) is 0 Å². The standard InChI is InChI=1S/C16H29NO2/c1-12-9-15(2,3)11-16(10-12,14(18)19-4)17-13-7-5-6-8-13/h12-13,17H,5-11H2,1-4H3. The molecule has 0 bridgehead atoms. The summed E-state index contributed by atoms with van der Waals surface area (Å²) in [5, 5.41) is 3.69. The molecule has 0 aromatic rings. The van der Waals surface area contributed by atoms with E-state index in [0.29, 0.717) is 12.0 Å². The molecule has 3 nitrogen and oxygen atoms in total. The van der Waals surface area contributed by atoms with E-state index in [1.54, 1.807) is 0 Å². The average molecular weight is 267 g/mol. The molecule has 2 rings (SSSR count). The summed E-state index contributed by atoms with van der Waals surface area (Å²) in [5.74, 6) is 0.510. The summed E-state index contributed by atoms with van der Waals surface area (Å²) in [6.07, 6.45) is 7.98. The van der Waals surface area contributed by atoms with Crippen LogP contribution in [0.15, 0.2) is 0 Å². The average Bonchev–Trinajstić information content (AvgIpc) is 2.77. The molecule has 0 aromatic carbocycles. The van der Waals surface area contributed by atoms with Gasteiger partial charge in [-0.3, -0.25) is 10.1 Å². The van der Waals surface area contributed by atoms with Crippen LogP contribution in [0, 0.1) is 11.3 Å². The lowest BCUT2D eigenvalue weighted by Crippen LogP contribution is -2.60. The van der Waals surface area contributed by atoms with E-state index in [2.05, 4.69) is 26.1 Å². The maximum Gasteiger partial charge on any atom is 0.326 e. The minimum absolute atomic E-state index is 0.0565. The highest BCUT2D eigenvalue weighted by Crippen LogP contribution is 2.45. The molecule has 0 radical (unpaired) electrons. The quantitative estimate of drug-likeness (QED) is 0.798. The molecule has 2 aliphatic rings. The Morgan fingerprint density at radius 1 is 1.21 bits per heavy atom. The molecular formula is C16H29NO2. The number of hydrogen-bond acceptors (Lipinski definition) is 3. The van der Waals surface area contributed by atoms with Crippen LogP contribution in [0.5, 0.6) is 0 Å². The van der Waals surface area contributed by atoms with Crippen molar-refractivity contribution in [1.82, 2.24) is 5.32 Å². The fourth-order valence-corrected chi connectivity index (χ4v) is 4.55. The highest BCUT2D eigenvalue weighted by Gasteiger charge is 2.49. The van der Waals surface area contributed by atoms with Gasteiger partial charge in [0.1, 0.15) is 5.54 Å². The van der Waals surface area contributed by atoms with Gasteiger partial charge in [-0.1, -0.05) is 33.6 Å². The molecule has 0 aromatic heterocycles. The Balaban J connectivity index is 2.20. The fourth-order valence-electron chi connectivity index (χ4n) is 4.55. The van der Waals surface area contributed by atoms with Gasteiger partial charge < -0.3 is 4.74 Å². The molecule has 0 amide bonds. The Bertz CT molecular complexity index is 334. The van der Waals surface area contributed by atoms with Crippen LogP contribution in [0.4, 0.5) is 0 Å². The first-order valence-electron chi connectivity index (χ1n) is 7.73. The van der Waals surface area contributed by atoms with E-state index in [-0.39, 0.29) is 11.4 Å². The maximum atomic E-state index is 12.4. The van der Waals surface area contributed by atoms with Crippen molar-refractivity contribution in [1.29, 1.82) is 0 Å². The van der Waals surface area contributed by atoms with Crippen LogP contribution >= 0.6 is 0 Å². The van der Waals surface area contributed by atoms with Crippen LogP contribution in [-0.4, -0.2) is 24.7 Å². The molecule has 3 heteroatoms. The van der Waals surface area contributed by atoms with E-state index in [4.69, 9.17) is 4.74 Å². The van der Waals surface area contributed by atoms with Gasteiger partial charge in [-0.2, -0.15) is 0 Å². The first-order valence-corrected chi connectivity index (χ1v) is 7.73. The highest BCUT2D eigenvalue weighted by molar-refractivity contribution is 5.81. The number of hydrogen-bond donors (Lipinski definition) is 1. The lowest BCUT2D eigenvalue weighted by Gasteiger charge is -2.47. The van der Waals surface area contributed by atoms with E-state index in [0.717, 1.165) is 12.8 Å². The van der Waals surface area contributed by atoms with Crippen LogP contribution < -0.4 is 5.32 Å². The fraction of sp³-hybridized carbons (Fsp3) is 0.938. The molecule has 2 saturated carbocycles. The summed E-state index contributed by atoms with van der Waals surface area (Å²) >= 11 is 0. The third-order valence-corrected chi connectivity index (χ3v) is 4.79. The van der Waals surface area contributed by atoms with Gasteiger partial charge in [0, 0.05) is 6.04 Å². The molecule has 0 saturated heterocycles. The second-order valence-corrected chi connectivity index (χ2v) is 7.55. The molecule has 0 heterocycles. The summed E-state index contributed by atoms with van der Waals surface area (Å²) < 4.78 is 5.14. The van der Waals surface area contributed by atoms with Crippen LogP contribution in [0.1, 0.15) is 65.7 Å². The molecule has 0 aliphatic heterocycles. The maximum absolute atomic E-state index is 12.4. The van der Waals surface area contributed by atoms with Crippen LogP contribution in [-0.2, 0) is 9.53 Å². The molecule has 19 heavy (non-hydrogen) atoms. The van der Waals surface area contributed by atoms with Gasteiger partial charge >= 0.3 is 5.97 Å². The second kappa shape index (κ2) is 5.43. The van der Waals surface area contributed by atoms with Gasteiger partial charge in [0.05, 0.1) is 7.11 Å². The summed E-state index contributed by atoms with van der Waals surface area (Å²) in [6.45, 7) is 6.81. The van der Waals surface area contributed by atoms with Crippen molar-refractivity contribution in [3.8, 4) is 0 Å². The topological polar surface area (TPSA) is 38.3 Å². The largest absolute Gasteiger partial charge is 0.468 e. The van der Waals surface area contributed by atoms with Crippen molar-refractivity contribution >= 4 is 5.97 Å². The predicted octanol–water partition coefficient (Wildman–Crippen LogP) is 3.28. The smallest absolute Gasteiger partial charge is 0.326 e. The molecule has 2 atom stereocenters. The highest BCUT2D eigenvalue weighted by atomic mass is 16.5. The normalized spacial score (nSPS) is 35.3. The lowest BCUT2D eigenvalue weighted by atomic mass is 9.64. The zero-order valence-electron chi connectivity index (χ0n) is 12.9. The van der Waals surface area contributed by atoms with Crippen molar-refractivity contribution in [2.45, 2.75) is 77.3 Å². The van der Waals surface area contributed by atoms with E-state index >= 15 is 0 Å². The molecule has 1 N–H and O–H groups in total. The SMILES string of the molecule is COC(=O)C1(NC2CCCC2)CC(C)CC(C)(C)C1. The van der Waals surface area contributed by atoms with Crippen molar-refractivity contribution in [2.24, 2.45) is 11.3 Å². The lowest BCUT2D eigenvalue weighted by molar-refractivity contribution is -0.153. The molecule has 0 spiro atoms. The Kier molecular flexibility index (Phi) is 4.24. The zero-order valence-corrected chi connectivity index (χ0v) is 12.9. The van der Waals surface area contributed by atoms with Gasteiger partial charge in [0.25, 0.3) is 0 Å². The monoisotopic (exact) mass is 267 g/mol. The minimum Gasteiger partial charge on any atom is -0.468 e. The van der Waals surface area contributed by atoms with Crippen molar-refractivity contribution in [2.75, 3.05) is 7.11 Å². The van der Waals surface area contributed by atoms with E-state index in [1.165, 1.54) is 39.2 Å². The van der Waals surface area contributed by atoms with Gasteiger partial charge in [-0.25, -0.2) is 0 Å². The summed E-state index contributed by atoms with van der Waals surface area (Å²) in [5.41, 5.74) is -0.248. The summed E-state index contributed by atoms with van der Waals surface area (Å²) in [4.78, 5) is 12.4. The number of ether oxygens (including phenoxy) is 1. The minimum atomic E-state index is -0.453. The number of nitrogens with one attached hydrogen (secondary N) is 1. The van der Waals surface area contributed by atoms with E-state index < -0.39 is 5.54 Å². The number of rotatable bonds is 3. The Morgan fingerprint density at radius 3 is 2.37 bits per heavy atom. The van der Waals surface area contributed by atoms with Crippen LogP contribution in [0.2, 0.25) is 0 Å². The predicted molar refractivity (Wildman–Crippen MR) is 76.9 cm³/mol. The summed E-state index contributed by atoms with van der Waals surface area (Å²) in [6, 6.07) is 0.500. The van der Waals surface area contributed by atoms with Crippen LogP contribution in [0.25, 0.3) is 0 Å². The van der Waals surface area contributed by atoms with Gasteiger partial charge in [0.2, 0.25) is 0 Å². The Morgan fingerprint density at radius 2 is 1.84 bits per heavy atom.